The molecule has 1 aliphatic rings. The van der Waals surface area contributed by atoms with Gasteiger partial charge in [-0.25, -0.2) is 0 Å². The van der Waals surface area contributed by atoms with E-state index in [0.29, 0.717) is 11.6 Å². The summed E-state index contributed by atoms with van der Waals surface area (Å²) in [5, 5.41) is 3.62. The third-order valence-electron chi connectivity index (χ3n) is 4.17. The maximum Gasteiger partial charge on any atom is 0.248 e. The maximum atomic E-state index is 11.1. The molecule has 0 spiro atoms. The molecular formula is C16H24N2O. The summed E-state index contributed by atoms with van der Waals surface area (Å²) in [6.07, 6.45) is 6.55. The minimum Gasteiger partial charge on any atom is -0.366 e. The zero-order chi connectivity index (χ0) is 13.7. The van der Waals surface area contributed by atoms with E-state index in [4.69, 9.17) is 5.73 Å². The lowest BCUT2D eigenvalue weighted by Gasteiger charge is -2.29. The molecule has 1 aliphatic carbocycles. The van der Waals surface area contributed by atoms with Gasteiger partial charge in [-0.3, -0.25) is 4.79 Å². The van der Waals surface area contributed by atoms with Gasteiger partial charge in [0.15, 0.2) is 0 Å². The smallest absolute Gasteiger partial charge is 0.248 e. The Labute approximate surface area is 115 Å². The third-order valence-corrected chi connectivity index (χ3v) is 4.17. The Morgan fingerprint density at radius 3 is 3.00 bits per heavy atom. The van der Waals surface area contributed by atoms with Crippen molar-refractivity contribution in [1.82, 2.24) is 5.32 Å². The van der Waals surface area contributed by atoms with Crippen LogP contribution in [0.25, 0.3) is 0 Å². The molecule has 3 N–H and O–H groups in total. The van der Waals surface area contributed by atoms with Crippen molar-refractivity contribution in [3.8, 4) is 0 Å². The van der Waals surface area contributed by atoms with Gasteiger partial charge in [0.1, 0.15) is 0 Å². The van der Waals surface area contributed by atoms with E-state index in [9.17, 15) is 4.79 Å². The van der Waals surface area contributed by atoms with Gasteiger partial charge in [0.05, 0.1) is 0 Å². The lowest BCUT2D eigenvalue weighted by molar-refractivity contribution is 0.1000. The zero-order valence-electron chi connectivity index (χ0n) is 11.7. The standard InChI is InChI=1S/C16H24N2O/c1-2-12-5-4-8-15(10-12)18-11-13-6-3-7-14(9-13)16(17)19/h3,6-7,9,12,15,18H,2,4-5,8,10-11H2,1H3,(H2,17,19). The van der Waals surface area contributed by atoms with Crippen LogP contribution in [-0.4, -0.2) is 11.9 Å². The first kappa shape index (κ1) is 14.1. The fourth-order valence-electron chi connectivity index (χ4n) is 2.94. The Morgan fingerprint density at radius 2 is 2.26 bits per heavy atom. The van der Waals surface area contributed by atoms with Crippen LogP contribution >= 0.6 is 0 Å². The highest BCUT2D eigenvalue weighted by Gasteiger charge is 2.20. The monoisotopic (exact) mass is 260 g/mol. The highest BCUT2D eigenvalue weighted by atomic mass is 16.1. The van der Waals surface area contributed by atoms with Crippen LogP contribution < -0.4 is 11.1 Å². The summed E-state index contributed by atoms with van der Waals surface area (Å²) >= 11 is 0. The van der Waals surface area contributed by atoms with Gasteiger partial charge in [0.2, 0.25) is 5.91 Å². The molecule has 0 radical (unpaired) electrons. The third kappa shape index (κ3) is 4.06. The minimum absolute atomic E-state index is 0.356. The highest BCUT2D eigenvalue weighted by molar-refractivity contribution is 5.92. The number of amides is 1. The number of hydrogen-bond donors (Lipinski definition) is 2. The molecule has 0 aliphatic heterocycles. The van der Waals surface area contributed by atoms with Crippen molar-refractivity contribution in [1.29, 1.82) is 0 Å². The van der Waals surface area contributed by atoms with Gasteiger partial charge in [0.25, 0.3) is 0 Å². The van der Waals surface area contributed by atoms with Gasteiger partial charge in [-0.1, -0.05) is 38.3 Å². The molecular weight excluding hydrogens is 236 g/mol. The fraction of sp³-hybridized carbons (Fsp3) is 0.562. The fourth-order valence-corrected chi connectivity index (χ4v) is 2.94. The van der Waals surface area contributed by atoms with E-state index in [2.05, 4.69) is 12.2 Å². The largest absolute Gasteiger partial charge is 0.366 e. The van der Waals surface area contributed by atoms with Crippen molar-refractivity contribution >= 4 is 5.91 Å². The number of carbonyl (C=O) groups is 1. The second-order valence-electron chi connectivity index (χ2n) is 5.58. The second kappa shape index (κ2) is 6.71. The normalized spacial score (nSPS) is 23.2. The summed E-state index contributed by atoms with van der Waals surface area (Å²) < 4.78 is 0. The van der Waals surface area contributed by atoms with Crippen LogP contribution in [0.1, 0.15) is 54.9 Å². The lowest BCUT2D eigenvalue weighted by Crippen LogP contribution is -2.33. The molecule has 3 heteroatoms. The highest BCUT2D eigenvalue weighted by Crippen LogP contribution is 2.26. The van der Waals surface area contributed by atoms with Crippen LogP contribution in [0.5, 0.6) is 0 Å². The number of nitrogens with one attached hydrogen (secondary N) is 1. The van der Waals surface area contributed by atoms with Crippen molar-refractivity contribution in [3.63, 3.8) is 0 Å². The Hall–Kier alpha value is -1.35. The molecule has 2 unspecified atom stereocenters. The molecule has 1 amide bonds. The molecule has 0 aromatic heterocycles. The molecule has 2 rings (SSSR count). The van der Waals surface area contributed by atoms with Crippen LogP contribution in [0.2, 0.25) is 0 Å². The Kier molecular flexibility index (Phi) is 4.97. The number of rotatable bonds is 5. The number of benzene rings is 1. The van der Waals surface area contributed by atoms with Crippen LogP contribution in [0.4, 0.5) is 0 Å². The van der Waals surface area contributed by atoms with Crippen LogP contribution in [0, 0.1) is 5.92 Å². The number of nitrogens with two attached hydrogens (primary N) is 1. The Balaban J connectivity index is 1.88. The van der Waals surface area contributed by atoms with Crippen molar-refractivity contribution in [2.75, 3.05) is 0 Å². The van der Waals surface area contributed by atoms with E-state index >= 15 is 0 Å². The van der Waals surface area contributed by atoms with Gasteiger partial charge in [-0.2, -0.15) is 0 Å². The molecule has 0 bridgehead atoms. The topological polar surface area (TPSA) is 55.1 Å². The summed E-state index contributed by atoms with van der Waals surface area (Å²) in [6.45, 7) is 3.10. The zero-order valence-corrected chi connectivity index (χ0v) is 11.7. The van der Waals surface area contributed by atoms with E-state index in [-0.39, 0.29) is 5.91 Å². The van der Waals surface area contributed by atoms with E-state index < -0.39 is 0 Å². The van der Waals surface area contributed by atoms with Crippen LogP contribution in [0.3, 0.4) is 0 Å². The predicted molar refractivity (Wildman–Crippen MR) is 77.8 cm³/mol. The first-order chi connectivity index (χ1) is 9.19. The van der Waals surface area contributed by atoms with Crippen LogP contribution in [-0.2, 0) is 6.54 Å². The second-order valence-corrected chi connectivity index (χ2v) is 5.58. The van der Waals surface area contributed by atoms with Gasteiger partial charge in [-0.05, 0) is 36.5 Å². The van der Waals surface area contributed by atoms with Crippen molar-refractivity contribution in [3.05, 3.63) is 35.4 Å². The summed E-state index contributed by atoms with van der Waals surface area (Å²) in [4.78, 5) is 11.1. The number of carbonyl (C=O) groups excluding carboxylic acids is 1. The molecule has 0 heterocycles. The molecule has 19 heavy (non-hydrogen) atoms. The molecule has 1 aromatic carbocycles. The predicted octanol–water partition coefficient (Wildman–Crippen LogP) is 2.84. The number of hydrogen-bond acceptors (Lipinski definition) is 2. The summed E-state index contributed by atoms with van der Waals surface area (Å²) in [5.41, 5.74) is 7.02. The molecule has 0 saturated heterocycles. The summed E-state index contributed by atoms with van der Waals surface area (Å²) in [5.74, 6) is 0.522. The van der Waals surface area contributed by atoms with E-state index in [1.165, 1.54) is 32.1 Å². The van der Waals surface area contributed by atoms with Crippen LogP contribution in [0.15, 0.2) is 24.3 Å². The van der Waals surface area contributed by atoms with E-state index in [1.807, 2.05) is 18.2 Å². The summed E-state index contributed by atoms with van der Waals surface area (Å²) in [6, 6.07) is 8.21. The average molecular weight is 260 g/mol. The lowest BCUT2D eigenvalue weighted by atomic mass is 9.84. The van der Waals surface area contributed by atoms with Crippen molar-refractivity contribution in [2.45, 2.75) is 51.6 Å². The Bertz CT molecular complexity index is 431. The quantitative estimate of drug-likeness (QED) is 0.855. The SMILES string of the molecule is CCC1CCCC(NCc2cccc(C(N)=O)c2)C1. The van der Waals surface area contributed by atoms with Crippen molar-refractivity contribution in [2.24, 2.45) is 11.7 Å². The van der Waals surface area contributed by atoms with Gasteiger partial charge in [0, 0.05) is 18.2 Å². The molecule has 2 atom stereocenters. The Morgan fingerprint density at radius 1 is 1.42 bits per heavy atom. The maximum absolute atomic E-state index is 11.1. The molecule has 104 valence electrons. The van der Waals surface area contributed by atoms with Crippen molar-refractivity contribution < 1.29 is 4.79 Å². The first-order valence-corrected chi connectivity index (χ1v) is 7.31. The molecule has 3 nitrogen and oxygen atoms in total. The average Bonchev–Trinajstić information content (AvgIpc) is 2.45. The first-order valence-electron chi connectivity index (χ1n) is 7.31. The molecule has 1 saturated carbocycles. The minimum atomic E-state index is -0.356. The molecule has 1 fully saturated rings. The number of primary amides is 1. The van der Waals surface area contributed by atoms with E-state index in [1.54, 1.807) is 6.07 Å². The summed E-state index contributed by atoms with van der Waals surface area (Å²) in [7, 11) is 0. The van der Waals surface area contributed by atoms with Gasteiger partial charge < -0.3 is 11.1 Å². The van der Waals surface area contributed by atoms with Gasteiger partial charge in [-0.15, -0.1) is 0 Å². The molecule has 1 aromatic rings. The van der Waals surface area contributed by atoms with Gasteiger partial charge >= 0.3 is 0 Å². The van der Waals surface area contributed by atoms with E-state index in [0.717, 1.165) is 18.0 Å².